The molecule has 0 spiro atoms. The van der Waals surface area contributed by atoms with Gasteiger partial charge >= 0.3 is 0 Å². The van der Waals surface area contributed by atoms with E-state index < -0.39 is 0 Å². The molecule has 2 saturated heterocycles. The van der Waals surface area contributed by atoms with E-state index in [4.69, 9.17) is 9.47 Å². The fourth-order valence-corrected chi connectivity index (χ4v) is 4.16. The van der Waals surface area contributed by atoms with E-state index in [9.17, 15) is 0 Å². The van der Waals surface area contributed by atoms with Crippen molar-refractivity contribution >= 4 is 0 Å². The van der Waals surface area contributed by atoms with Crippen LogP contribution in [-0.2, 0) is 9.47 Å². The second kappa shape index (κ2) is 2.78. The molecule has 3 fully saturated rings. The topological polar surface area (TPSA) is 21.8 Å². The van der Waals surface area contributed by atoms with Crippen molar-refractivity contribution in [2.24, 2.45) is 11.3 Å². The van der Waals surface area contributed by atoms with Crippen LogP contribution in [-0.4, -0.2) is 23.9 Å². The summed E-state index contributed by atoms with van der Waals surface area (Å²) in [5.74, 6) is 0.671. The lowest BCUT2D eigenvalue weighted by Gasteiger charge is -2.52. The maximum atomic E-state index is 6.24. The molecule has 2 heteroatoms. The summed E-state index contributed by atoms with van der Waals surface area (Å²) in [6, 6.07) is 0. The van der Waals surface area contributed by atoms with Gasteiger partial charge in [0.15, 0.2) is 0 Å². The summed E-state index contributed by atoms with van der Waals surface area (Å²) in [7, 11) is 0. The molecule has 0 aromatic rings. The van der Waals surface area contributed by atoms with Crippen LogP contribution in [0, 0.1) is 11.3 Å². The normalized spacial score (nSPS) is 56.8. The Morgan fingerprint density at radius 1 is 1.13 bits per heavy atom. The van der Waals surface area contributed by atoms with Crippen LogP contribution in [0.3, 0.4) is 0 Å². The van der Waals surface area contributed by atoms with Gasteiger partial charge in [-0.1, -0.05) is 13.8 Å². The molecule has 3 rings (SSSR count). The van der Waals surface area contributed by atoms with Gasteiger partial charge in [0.05, 0.1) is 17.8 Å². The fraction of sp³-hybridized carbons (Fsp3) is 1.00. The molecule has 86 valence electrons. The van der Waals surface area contributed by atoms with Gasteiger partial charge in [0, 0.05) is 0 Å². The Morgan fingerprint density at radius 3 is 2.60 bits per heavy atom. The number of hydrogen-bond donors (Lipinski definition) is 0. The molecule has 2 aliphatic heterocycles. The van der Waals surface area contributed by atoms with Crippen LogP contribution in [0.1, 0.15) is 47.0 Å². The zero-order valence-electron chi connectivity index (χ0n) is 10.2. The molecule has 2 heterocycles. The zero-order valence-corrected chi connectivity index (χ0v) is 10.2. The van der Waals surface area contributed by atoms with Crippen molar-refractivity contribution in [2.45, 2.75) is 70.9 Å². The summed E-state index contributed by atoms with van der Waals surface area (Å²) in [4.78, 5) is 0. The average molecular weight is 210 g/mol. The molecule has 0 unspecified atom stereocenters. The predicted octanol–water partition coefficient (Wildman–Crippen LogP) is 2.76. The lowest BCUT2D eigenvalue weighted by Crippen LogP contribution is -2.57. The Hall–Kier alpha value is -0.0800. The molecule has 1 saturated carbocycles. The number of hydrogen-bond acceptors (Lipinski definition) is 2. The van der Waals surface area contributed by atoms with Gasteiger partial charge < -0.3 is 9.47 Å². The maximum Gasteiger partial charge on any atom is 0.113 e. The first kappa shape index (κ1) is 10.1. The van der Waals surface area contributed by atoms with Crippen molar-refractivity contribution in [1.29, 1.82) is 0 Å². The van der Waals surface area contributed by atoms with Crippen LogP contribution < -0.4 is 0 Å². The van der Waals surface area contributed by atoms with Crippen LogP contribution >= 0.6 is 0 Å². The Kier molecular flexibility index (Phi) is 1.87. The van der Waals surface area contributed by atoms with E-state index >= 15 is 0 Å². The van der Waals surface area contributed by atoms with E-state index in [1.807, 2.05) is 0 Å². The molecule has 0 bridgehead atoms. The molecule has 0 amide bonds. The summed E-state index contributed by atoms with van der Waals surface area (Å²) >= 11 is 0. The van der Waals surface area contributed by atoms with Crippen LogP contribution in [0.5, 0.6) is 0 Å². The van der Waals surface area contributed by atoms with Gasteiger partial charge in [0.25, 0.3) is 0 Å². The van der Waals surface area contributed by atoms with Crippen molar-refractivity contribution in [3.05, 3.63) is 0 Å². The minimum atomic E-state index is -0.00984. The van der Waals surface area contributed by atoms with Crippen LogP contribution in [0.2, 0.25) is 0 Å². The summed E-state index contributed by atoms with van der Waals surface area (Å²) in [6.07, 6.45) is 5.00. The second-order valence-corrected chi connectivity index (χ2v) is 6.53. The standard InChI is InChI=1S/C13H22O2/c1-8-5-6-10-12(2,3)7-9-11(14-9)13(10,4)15-8/h8-11H,5-7H2,1-4H3/t8-,9-,10+,11-,13+/m0/s1. The molecular formula is C13H22O2. The third-order valence-corrected chi connectivity index (χ3v) is 4.83. The van der Waals surface area contributed by atoms with E-state index in [-0.39, 0.29) is 5.60 Å². The van der Waals surface area contributed by atoms with Crippen LogP contribution in [0.25, 0.3) is 0 Å². The number of rotatable bonds is 0. The van der Waals surface area contributed by atoms with E-state index in [1.54, 1.807) is 0 Å². The van der Waals surface area contributed by atoms with Gasteiger partial charge in [-0.15, -0.1) is 0 Å². The molecule has 15 heavy (non-hydrogen) atoms. The SMILES string of the molecule is C[C@H]1CC[C@@H]2C(C)(C)C[C@@H]3O[C@@H]3[C@]2(C)O1. The highest BCUT2D eigenvalue weighted by Crippen LogP contribution is 2.59. The van der Waals surface area contributed by atoms with E-state index in [0.717, 1.165) is 0 Å². The monoisotopic (exact) mass is 210 g/mol. The first-order chi connectivity index (χ1) is 6.93. The smallest absolute Gasteiger partial charge is 0.113 e. The maximum absolute atomic E-state index is 6.24. The van der Waals surface area contributed by atoms with Gasteiger partial charge in [-0.3, -0.25) is 0 Å². The molecular weight excluding hydrogens is 188 g/mol. The first-order valence-electron chi connectivity index (χ1n) is 6.27. The van der Waals surface area contributed by atoms with Crippen molar-refractivity contribution in [3.8, 4) is 0 Å². The van der Waals surface area contributed by atoms with Gasteiger partial charge in [-0.2, -0.15) is 0 Å². The largest absolute Gasteiger partial charge is 0.369 e. The molecule has 0 aromatic carbocycles. The summed E-state index contributed by atoms with van der Waals surface area (Å²) in [5, 5.41) is 0. The number of ether oxygens (including phenoxy) is 2. The Labute approximate surface area is 92.3 Å². The quantitative estimate of drug-likeness (QED) is 0.573. The second-order valence-electron chi connectivity index (χ2n) is 6.53. The Morgan fingerprint density at radius 2 is 1.87 bits per heavy atom. The van der Waals surface area contributed by atoms with E-state index in [1.165, 1.54) is 19.3 Å². The molecule has 1 aliphatic carbocycles. The van der Waals surface area contributed by atoms with Crippen LogP contribution in [0.4, 0.5) is 0 Å². The summed E-state index contributed by atoms with van der Waals surface area (Å²) < 4.78 is 12.1. The number of epoxide rings is 1. The average Bonchev–Trinajstić information content (AvgIpc) is 2.81. The van der Waals surface area contributed by atoms with Gasteiger partial charge in [0.1, 0.15) is 6.10 Å². The predicted molar refractivity (Wildman–Crippen MR) is 58.7 cm³/mol. The summed E-state index contributed by atoms with van der Waals surface area (Å²) in [6.45, 7) is 9.24. The fourth-order valence-electron chi connectivity index (χ4n) is 4.16. The lowest BCUT2D eigenvalue weighted by atomic mass is 9.59. The van der Waals surface area contributed by atoms with Crippen molar-refractivity contribution < 1.29 is 9.47 Å². The van der Waals surface area contributed by atoms with Crippen molar-refractivity contribution in [3.63, 3.8) is 0 Å². The van der Waals surface area contributed by atoms with Gasteiger partial charge in [0.2, 0.25) is 0 Å². The highest BCUT2D eigenvalue weighted by molar-refractivity contribution is 5.14. The lowest BCUT2D eigenvalue weighted by molar-refractivity contribution is -0.189. The van der Waals surface area contributed by atoms with Crippen molar-refractivity contribution in [2.75, 3.05) is 0 Å². The first-order valence-corrected chi connectivity index (χ1v) is 6.27. The Balaban J connectivity index is 1.94. The molecule has 0 N–H and O–H groups in total. The van der Waals surface area contributed by atoms with E-state index in [2.05, 4.69) is 27.7 Å². The summed E-state index contributed by atoms with van der Waals surface area (Å²) in [5.41, 5.74) is 0.372. The Bertz CT molecular complexity index is 286. The molecule has 0 radical (unpaired) electrons. The van der Waals surface area contributed by atoms with Crippen LogP contribution in [0.15, 0.2) is 0 Å². The number of fused-ring (bicyclic) bond motifs is 3. The molecule has 3 aliphatic rings. The highest BCUT2D eigenvalue weighted by Gasteiger charge is 2.66. The van der Waals surface area contributed by atoms with Gasteiger partial charge in [-0.25, -0.2) is 0 Å². The molecule has 5 atom stereocenters. The minimum Gasteiger partial charge on any atom is -0.369 e. The van der Waals surface area contributed by atoms with Crippen molar-refractivity contribution in [1.82, 2.24) is 0 Å². The minimum absolute atomic E-state index is 0.00984. The zero-order chi connectivity index (χ0) is 10.8. The molecule has 0 aromatic heterocycles. The van der Waals surface area contributed by atoms with Gasteiger partial charge in [-0.05, 0) is 44.4 Å². The third-order valence-electron chi connectivity index (χ3n) is 4.83. The third kappa shape index (κ3) is 1.31. The molecule has 2 nitrogen and oxygen atoms in total. The highest BCUT2D eigenvalue weighted by atomic mass is 16.6. The van der Waals surface area contributed by atoms with E-state index in [0.29, 0.717) is 29.6 Å².